The number of Topliss-reactive ketones (excluding diaryl/α,β-unsaturated/α-hetero) is 1. The summed E-state index contributed by atoms with van der Waals surface area (Å²) in [7, 11) is 0. The van der Waals surface area contributed by atoms with Crippen molar-refractivity contribution in [1.82, 2.24) is 0 Å². The summed E-state index contributed by atoms with van der Waals surface area (Å²) in [6.45, 7) is 0.294. The van der Waals surface area contributed by atoms with E-state index in [1.165, 1.54) is 0 Å². The van der Waals surface area contributed by atoms with Crippen LogP contribution in [0.3, 0.4) is 0 Å². The molecular formula is C16H12O3. The summed E-state index contributed by atoms with van der Waals surface area (Å²) in [4.78, 5) is 12.6. The van der Waals surface area contributed by atoms with Crippen molar-refractivity contribution < 1.29 is 14.3 Å². The third-order valence-corrected chi connectivity index (χ3v) is 3.75. The predicted molar refractivity (Wildman–Crippen MR) is 69.3 cm³/mol. The fourth-order valence-corrected chi connectivity index (χ4v) is 2.68. The van der Waals surface area contributed by atoms with Gasteiger partial charge in [0.25, 0.3) is 0 Å². The van der Waals surface area contributed by atoms with Crippen LogP contribution in [-0.4, -0.2) is 18.0 Å². The van der Waals surface area contributed by atoms with Crippen LogP contribution >= 0.6 is 0 Å². The molecule has 4 rings (SSSR count). The molecule has 2 aliphatic heterocycles. The molecule has 0 radical (unpaired) electrons. The van der Waals surface area contributed by atoms with Crippen LogP contribution in [0.1, 0.15) is 22.0 Å². The summed E-state index contributed by atoms with van der Waals surface area (Å²) >= 11 is 0. The zero-order chi connectivity index (χ0) is 12.9. The van der Waals surface area contributed by atoms with E-state index in [2.05, 4.69) is 0 Å². The first kappa shape index (κ1) is 10.8. The third-order valence-electron chi connectivity index (χ3n) is 3.75. The maximum Gasteiger partial charge on any atom is 0.205 e. The molecule has 2 unspecified atom stereocenters. The van der Waals surface area contributed by atoms with E-state index in [0.717, 1.165) is 5.56 Å². The molecule has 2 aliphatic rings. The average molecular weight is 252 g/mol. The van der Waals surface area contributed by atoms with Crippen molar-refractivity contribution in [3.63, 3.8) is 0 Å². The Balaban J connectivity index is 1.71. The van der Waals surface area contributed by atoms with E-state index < -0.39 is 5.60 Å². The summed E-state index contributed by atoms with van der Waals surface area (Å²) < 4.78 is 11.4. The van der Waals surface area contributed by atoms with E-state index >= 15 is 0 Å². The van der Waals surface area contributed by atoms with E-state index in [4.69, 9.17) is 9.47 Å². The van der Waals surface area contributed by atoms with Crippen LogP contribution in [0.2, 0.25) is 0 Å². The van der Waals surface area contributed by atoms with Gasteiger partial charge in [0.1, 0.15) is 18.5 Å². The number of ketones is 1. The second kappa shape index (κ2) is 3.68. The number of hydrogen-bond acceptors (Lipinski definition) is 3. The Morgan fingerprint density at radius 3 is 2.58 bits per heavy atom. The van der Waals surface area contributed by atoms with Crippen molar-refractivity contribution in [1.29, 1.82) is 0 Å². The van der Waals surface area contributed by atoms with Crippen LogP contribution in [0, 0.1) is 0 Å². The second-order valence-corrected chi connectivity index (χ2v) is 4.91. The highest BCUT2D eigenvalue weighted by atomic mass is 16.6. The van der Waals surface area contributed by atoms with Gasteiger partial charge in [0.15, 0.2) is 5.60 Å². The van der Waals surface area contributed by atoms with Gasteiger partial charge in [-0.25, -0.2) is 0 Å². The Kier molecular flexibility index (Phi) is 2.09. The largest absolute Gasteiger partial charge is 0.489 e. The first-order chi connectivity index (χ1) is 9.31. The van der Waals surface area contributed by atoms with Crippen molar-refractivity contribution in [2.75, 3.05) is 6.61 Å². The van der Waals surface area contributed by atoms with E-state index in [1.807, 2.05) is 48.5 Å². The maximum atomic E-state index is 12.6. The maximum absolute atomic E-state index is 12.6. The quantitative estimate of drug-likeness (QED) is 0.732. The molecule has 1 saturated heterocycles. The van der Waals surface area contributed by atoms with Gasteiger partial charge in [-0.1, -0.05) is 42.5 Å². The standard InChI is InChI=1S/C16H12O3/c17-14-12-8-4-5-9-13(12)18-10-16(14)15(19-16)11-6-2-1-3-7-11/h1-9,15H,10H2. The van der Waals surface area contributed by atoms with E-state index in [9.17, 15) is 4.79 Å². The highest BCUT2D eigenvalue weighted by molar-refractivity contribution is 6.07. The molecule has 3 nitrogen and oxygen atoms in total. The number of epoxide rings is 1. The molecule has 94 valence electrons. The SMILES string of the molecule is O=C1c2ccccc2OCC12OC2c1ccccc1. The lowest BCUT2D eigenvalue weighted by Crippen LogP contribution is -2.37. The van der Waals surface area contributed by atoms with Crippen LogP contribution in [0.25, 0.3) is 0 Å². The number of carbonyl (C=O) groups excluding carboxylic acids is 1. The van der Waals surface area contributed by atoms with Gasteiger partial charge in [-0.05, 0) is 17.7 Å². The lowest BCUT2D eigenvalue weighted by Gasteiger charge is -2.21. The van der Waals surface area contributed by atoms with Crippen LogP contribution in [-0.2, 0) is 4.74 Å². The molecule has 0 aromatic heterocycles. The van der Waals surface area contributed by atoms with Gasteiger partial charge >= 0.3 is 0 Å². The Bertz CT molecular complexity index is 650. The average Bonchev–Trinajstić information content (AvgIpc) is 3.20. The van der Waals surface area contributed by atoms with Crippen molar-refractivity contribution in [3.05, 3.63) is 65.7 Å². The van der Waals surface area contributed by atoms with Gasteiger partial charge in [0.2, 0.25) is 5.78 Å². The molecule has 0 N–H and O–H groups in total. The monoisotopic (exact) mass is 252 g/mol. The minimum atomic E-state index is -0.810. The third kappa shape index (κ3) is 1.45. The fraction of sp³-hybridized carbons (Fsp3) is 0.188. The number of rotatable bonds is 1. The minimum absolute atomic E-state index is 0.0307. The van der Waals surface area contributed by atoms with E-state index in [1.54, 1.807) is 6.07 Å². The first-order valence-electron chi connectivity index (χ1n) is 6.31. The summed E-state index contributed by atoms with van der Waals surface area (Å²) in [6.07, 6.45) is -0.186. The van der Waals surface area contributed by atoms with Gasteiger partial charge in [0.05, 0.1) is 5.56 Å². The number of carbonyl (C=O) groups is 1. The molecule has 2 heterocycles. The van der Waals surface area contributed by atoms with Crippen LogP contribution in [0.4, 0.5) is 0 Å². The summed E-state index contributed by atoms with van der Waals surface area (Å²) in [5, 5.41) is 0. The molecule has 0 aliphatic carbocycles. The Morgan fingerprint density at radius 2 is 1.74 bits per heavy atom. The van der Waals surface area contributed by atoms with Crippen molar-refractivity contribution in [2.24, 2.45) is 0 Å². The minimum Gasteiger partial charge on any atom is -0.489 e. The molecule has 1 fully saturated rings. The van der Waals surface area contributed by atoms with Gasteiger partial charge < -0.3 is 9.47 Å². The molecular weight excluding hydrogens is 240 g/mol. The van der Waals surface area contributed by atoms with Crippen molar-refractivity contribution in [2.45, 2.75) is 11.7 Å². The number of para-hydroxylation sites is 1. The number of fused-ring (bicyclic) bond motifs is 1. The fourth-order valence-electron chi connectivity index (χ4n) is 2.68. The van der Waals surface area contributed by atoms with Crippen molar-refractivity contribution in [3.8, 4) is 5.75 Å². The van der Waals surface area contributed by atoms with E-state index in [0.29, 0.717) is 17.9 Å². The summed E-state index contributed by atoms with van der Waals surface area (Å²) in [5.41, 5.74) is 0.835. The Hall–Kier alpha value is -2.13. The highest BCUT2D eigenvalue weighted by Crippen LogP contribution is 2.54. The number of hydrogen-bond donors (Lipinski definition) is 0. The van der Waals surface area contributed by atoms with Gasteiger partial charge in [-0.3, -0.25) is 4.79 Å². The number of benzene rings is 2. The van der Waals surface area contributed by atoms with Gasteiger partial charge in [0, 0.05) is 0 Å². The van der Waals surface area contributed by atoms with Gasteiger partial charge in [-0.15, -0.1) is 0 Å². The van der Waals surface area contributed by atoms with Crippen LogP contribution in [0.15, 0.2) is 54.6 Å². The molecule has 0 amide bonds. The molecule has 1 spiro atoms. The molecule has 2 atom stereocenters. The molecule has 0 bridgehead atoms. The smallest absolute Gasteiger partial charge is 0.205 e. The predicted octanol–water partition coefficient (Wildman–Crippen LogP) is 2.77. The van der Waals surface area contributed by atoms with Gasteiger partial charge in [-0.2, -0.15) is 0 Å². The molecule has 19 heavy (non-hydrogen) atoms. The Morgan fingerprint density at radius 1 is 1.00 bits per heavy atom. The highest BCUT2D eigenvalue weighted by Gasteiger charge is 2.65. The Labute approximate surface area is 110 Å². The topological polar surface area (TPSA) is 38.8 Å². The number of ether oxygens (including phenoxy) is 2. The molecule has 2 aromatic rings. The van der Waals surface area contributed by atoms with Crippen LogP contribution in [0.5, 0.6) is 5.75 Å². The molecule has 0 saturated carbocycles. The second-order valence-electron chi connectivity index (χ2n) is 4.91. The molecule has 3 heteroatoms. The zero-order valence-corrected chi connectivity index (χ0v) is 10.2. The lowest BCUT2D eigenvalue weighted by atomic mass is 9.89. The van der Waals surface area contributed by atoms with Crippen molar-refractivity contribution >= 4 is 5.78 Å². The summed E-state index contributed by atoms with van der Waals surface area (Å²) in [5.74, 6) is 0.684. The zero-order valence-electron chi connectivity index (χ0n) is 10.2. The normalized spacial score (nSPS) is 27.8. The van der Waals surface area contributed by atoms with Crippen LogP contribution < -0.4 is 4.74 Å². The lowest BCUT2D eigenvalue weighted by molar-refractivity contribution is 0.0755. The molecule has 2 aromatic carbocycles. The summed E-state index contributed by atoms with van der Waals surface area (Å²) in [6, 6.07) is 17.1. The first-order valence-corrected chi connectivity index (χ1v) is 6.31. The van der Waals surface area contributed by atoms with E-state index in [-0.39, 0.29) is 11.9 Å².